The molecular formula is C54H38N4O. The second kappa shape index (κ2) is 13.9. The highest BCUT2D eigenvalue weighted by molar-refractivity contribution is 6.39. The van der Waals surface area contributed by atoms with E-state index < -0.39 is 0 Å². The Morgan fingerprint density at radius 3 is 1.78 bits per heavy atom. The van der Waals surface area contributed by atoms with Crippen LogP contribution in [0.3, 0.4) is 0 Å². The van der Waals surface area contributed by atoms with E-state index in [0.29, 0.717) is 0 Å². The maximum absolute atomic E-state index is 6.98. The van der Waals surface area contributed by atoms with Crippen LogP contribution >= 0.6 is 0 Å². The molecule has 0 aliphatic carbocycles. The van der Waals surface area contributed by atoms with Gasteiger partial charge in [0.2, 0.25) is 0 Å². The molecule has 1 unspecified atom stereocenters. The number of furan rings is 1. The van der Waals surface area contributed by atoms with E-state index in [1.54, 1.807) is 12.2 Å². The first-order chi connectivity index (χ1) is 29.2. The van der Waals surface area contributed by atoms with Crippen molar-refractivity contribution < 1.29 is 4.42 Å². The molecule has 3 aromatic heterocycles. The van der Waals surface area contributed by atoms with Gasteiger partial charge in [0, 0.05) is 60.5 Å². The molecule has 8 aromatic carbocycles. The van der Waals surface area contributed by atoms with E-state index in [0.717, 1.165) is 72.4 Å². The van der Waals surface area contributed by atoms with E-state index in [1.165, 1.54) is 32.6 Å². The number of fused-ring (bicyclic) bond motifs is 13. The second-order valence-electron chi connectivity index (χ2n) is 14.8. The summed E-state index contributed by atoms with van der Waals surface area (Å²) in [6.07, 6.45) is 3.04. The zero-order valence-corrected chi connectivity index (χ0v) is 32.2. The third kappa shape index (κ3) is 5.36. The summed E-state index contributed by atoms with van der Waals surface area (Å²) in [5.74, 6) is 0. The third-order valence-corrected chi connectivity index (χ3v) is 11.5. The van der Waals surface area contributed by atoms with Gasteiger partial charge in [-0.1, -0.05) is 159 Å². The summed E-state index contributed by atoms with van der Waals surface area (Å²) in [4.78, 5) is 5.30. The van der Waals surface area contributed by atoms with Crippen molar-refractivity contribution in [2.75, 3.05) is 5.32 Å². The molecule has 0 amide bonds. The number of benzene rings is 8. The number of allylic oxidation sites excluding steroid dienone is 2. The van der Waals surface area contributed by atoms with Crippen LogP contribution in [0.25, 0.3) is 76.9 Å². The van der Waals surface area contributed by atoms with Gasteiger partial charge in [0.15, 0.2) is 5.58 Å². The highest BCUT2D eigenvalue weighted by Crippen LogP contribution is 2.49. The number of nitrogens with zero attached hydrogens (tertiary/aromatic N) is 3. The Hall–Kier alpha value is -7.89. The van der Waals surface area contributed by atoms with E-state index >= 15 is 0 Å². The molecule has 1 aliphatic heterocycles. The largest absolute Gasteiger partial charge is 0.454 e. The normalized spacial score (nSPS) is 13.6. The van der Waals surface area contributed by atoms with Gasteiger partial charge in [-0.2, -0.15) is 0 Å². The molecule has 5 heteroatoms. The number of rotatable bonds is 5. The van der Waals surface area contributed by atoms with Crippen molar-refractivity contribution >= 4 is 76.9 Å². The van der Waals surface area contributed by atoms with Crippen molar-refractivity contribution in [2.24, 2.45) is 4.99 Å². The molecular weight excluding hydrogens is 721 g/mol. The molecule has 5 nitrogen and oxygen atoms in total. The van der Waals surface area contributed by atoms with Gasteiger partial charge < -0.3 is 18.9 Å². The van der Waals surface area contributed by atoms with Gasteiger partial charge in [0.25, 0.3) is 0 Å². The van der Waals surface area contributed by atoms with Gasteiger partial charge in [-0.25, -0.2) is 0 Å². The fourth-order valence-corrected chi connectivity index (χ4v) is 8.98. The summed E-state index contributed by atoms with van der Waals surface area (Å²) in [6, 6.07) is 64.5. The van der Waals surface area contributed by atoms with Gasteiger partial charge in [-0.3, -0.25) is 4.99 Å². The Balaban J connectivity index is 0.000000952. The quantitative estimate of drug-likeness (QED) is 0.178. The van der Waals surface area contributed by atoms with Gasteiger partial charge in [0.05, 0.1) is 27.8 Å². The number of nitrogens with one attached hydrogen (secondary N) is 1. The molecule has 1 N–H and O–H groups in total. The first-order valence-corrected chi connectivity index (χ1v) is 19.9. The summed E-state index contributed by atoms with van der Waals surface area (Å²) >= 11 is 0. The lowest BCUT2D eigenvalue weighted by atomic mass is 9.97. The minimum absolute atomic E-state index is 0.236. The lowest BCUT2D eigenvalue weighted by molar-refractivity contribution is 0.671. The predicted molar refractivity (Wildman–Crippen MR) is 248 cm³/mol. The average Bonchev–Trinajstić information content (AvgIpc) is 3.97. The van der Waals surface area contributed by atoms with Crippen molar-refractivity contribution in [2.45, 2.75) is 6.17 Å². The van der Waals surface area contributed by atoms with Crippen LogP contribution in [0.15, 0.2) is 217 Å². The van der Waals surface area contributed by atoms with E-state index in [4.69, 9.17) is 9.41 Å². The molecule has 0 fully saturated rings. The summed E-state index contributed by atoms with van der Waals surface area (Å²) in [5, 5.41) is 10.7. The van der Waals surface area contributed by atoms with E-state index in [2.05, 4.69) is 204 Å². The lowest BCUT2D eigenvalue weighted by Gasteiger charge is -2.26. The molecule has 0 saturated carbocycles. The molecule has 0 bridgehead atoms. The zero-order chi connectivity index (χ0) is 39.5. The van der Waals surface area contributed by atoms with Crippen molar-refractivity contribution in [1.29, 1.82) is 0 Å². The van der Waals surface area contributed by atoms with Gasteiger partial charge in [0.1, 0.15) is 11.7 Å². The third-order valence-electron chi connectivity index (χ3n) is 11.5. The minimum atomic E-state index is -0.236. The van der Waals surface area contributed by atoms with Crippen LogP contribution < -0.4 is 5.32 Å². The molecule has 11 aromatic rings. The monoisotopic (exact) mass is 758 g/mol. The molecule has 0 radical (unpaired) electrons. The molecule has 4 heterocycles. The first-order valence-electron chi connectivity index (χ1n) is 19.9. The lowest BCUT2D eigenvalue weighted by Crippen LogP contribution is -2.20. The van der Waals surface area contributed by atoms with Crippen molar-refractivity contribution in [3.05, 3.63) is 224 Å². The van der Waals surface area contributed by atoms with Crippen molar-refractivity contribution in [3.8, 4) is 11.4 Å². The maximum Gasteiger partial charge on any atom is 0.160 e. The molecule has 0 saturated heterocycles. The molecule has 12 rings (SSSR count). The molecule has 1 aliphatic rings. The molecule has 0 spiro atoms. The average molecular weight is 759 g/mol. The Labute approximate surface area is 341 Å². The van der Waals surface area contributed by atoms with Crippen LogP contribution in [0.4, 0.5) is 5.69 Å². The smallest absolute Gasteiger partial charge is 0.160 e. The number of anilines is 1. The van der Waals surface area contributed by atoms with Gasteiger partial charge >= 0.3 is 0 Å². The summed E-state index contributed by atoms with van der Waals surface area (Å²) < 4.78 is 11.8. The van der Waals surface area contributed by atoms with Crippen molar-refractivity contribution in [1.82, 2.24) is 9.13 Å². The Bertz CT molecular complexity index is 3430. The molecule has 59 heavy (non-hydrogen) atoms. The molecule has 280 valence electrons. The van der Waals surface area contributed by atoms with Crippen LogP contribution in [0, 0.1) is 0 Å². The van der Waals surface area contributed by atoms with E-state index in [1.807, 2.05) is 6.07 Å². The Kier molecular flexibility index (Phi) is 8.12. The molecule has 1 atom stereocenters. The van der Waals surface area contributed by atoms with Crippen LogP contribution in [0.2, 0.25) is 0 Å². The summed E-state index contributed by atoms with van der Waals surface area (Å²) in [6.45, 7) is 6.72. The standard InChI is InChI=1S/C50H32N4O.C4H6/c1-3-15-31(16-4-1)46-35-19-7-11-23-39(35)51-50(52-46)32-27-29-34(30-28-32)54-41-25-13-9-21-37(41)45-47-43(44-38-22-10-14-26-42(38)55-49(44)48(45)54)36-20-8-12-24-40(36)53(47)33-17-5-2-6-18-33;1-3-4-2/h1-30,50-51H;3-4H,1-2H2. The van der Waals surface area contributed by atoms with Crippen LogP contribution in [-0.4, -0.2) is 14.8 Å². The fraction of sp³-hybridized carbons (Fsp3) is 0.0185. The second-order valence-corrected chi connectivity index (χ2v) is 14.8. The summed E-state index contributed by atoms with van der Waals surface area (Å²) in [7, 11) is 0. The van der Waals surface area contributed by atoms with E-state index in [-0.39, 0.29) is 6.17 Å². The predicted octanol–water partition coefficient (Wildman–Crippen LogP) is 14.1. The Morgan fingerprint density at radius 2 is 1.07 bits per heavy atom. The minimum Gasteiger partial charge on any atom is -0.454 e. The zero-order valence-electron chi connectivity index (χ0n) is 32.2. The van der Waals surface area contributed by atoms with Gasteiger partial charge in [-0.15, -0.1) is 0 Å². The number of aliphatic imine (C=N–C) groups is 1. The maximum atomic E-state index is 6.98. The van der Waals surface area contributed by atoms with Crippen molar-refractivity contribution in [3.63, 3.8) is 0 Å². The van der Waals surface area contributed by atoms with Crippen LogP contribution in [-0.2, 0) is 0 Å². The van der Waals surface area contributed by atoms with E-state index in [9.17, 15) is 0 Å². The number of hydrogen-bond donors (Lipinski definition) is 1. The number of hydrogen-bond acceptors (Lipinski definition) is 3. The number of para-hydroxylation sites is 5. The summed E-state index contributed by atoms with van der Waals surface area (Å²) in [5.41, 5.74) is 13.9. The SMILES string of the molecule is C=CC=C.c1ccc(C2=NC(c3ccc(-n4c5ccccc5c5c4c4oc6ccccc6c4c4c6ccccc6n(-c6ccccc6)c45)cc3)Nc3ccccc32)cc1. The van der Waals surface area contributed by atoms with Crippen LogP contribution in [0.1, 0.15) is 22.9 Å². The first kappa shape index (κ1) is 34.4. The van der Waals surface area contributed by atoms with Gasteiger partial charge in [-0.05, 0) is 54.1 Å². The van der Waals surface area contributed by atoms with Crippen LogP contribution in [0.5, 0.6) is 0 Å². The highest BCUT2D eigenvalue weighted by atomic mass is 16.3. The highest BCUT2D eigenvalue weighted by Gasteiger charge is 2.28. The Morgan fingerprint density at radius 1 is 0.508 bits per heavy atom. The fourth-order valence-electron chi connectivity index (χ4n) is 8.98. The number of aromatic nitrogens is 2. The topological polar surface area (TPSA) is 47.4 Å².